The van der Waals surface area contributed by atoms with E-state index in [0.717, 1.165) is 12.0 Å². The van der Waals surface area contributed by atoms with Gasteiger partial charge in [0.05, 0.1) is 0 Å². The molecule has 0 amide bonds. The molecule has 3 nitrogen and oxygen atoms in total. The lowest BCUT2D eigenvalue weighted by atomic mass is 9.85. The van der Waals surface area contributed by atoms with Crippen molar-refractivity contribution in [2.45, 2.75) is 31.7 Å². The Morgan fingerprint density at radius 1 is 1.00 bits per heavy atom. The summed E-state index contributed by atoms with van der Waals surface area (Å²) in [5.74, 6) is 1.04. The minimum absolute atomic E-state index is 0.839. The van der Waals surface area contributed by atoms with Crippen LogP contribution in [0, 0.1) is 5.92 Å². The fourth-order valence-corrected chi connectivity index (χ4v) is 3.30. The first-order valence-electron chi connectivity index (χ1n) is 7.09. The number of hydrogen-bond donors (Lipinski definition) is 1. The van der Waals surface area contributed by atoms with Gasteiger partial charge in [0.15, 0.2) is 0 Å². The topological polar surface area (TPSA) is 18.5 Å². The Hall–Kier alpha value is -0.120. The average Bonchev–Trinajstić information content (AvgIpc) is 2.78. The van der Waals surface area contributed by atoms with Crippen molar-refractivity contribution >= 4 is 0 Å². The van der Waals surface area contributed by atoms with Crippen molar-refractivity contribution in [3.63, 3.8) is 0 Å². The number of piperazine rings is 1. The molecule has 3 rings (SSSR count). The molecule has 0 bridgehead atoms. The Balaban J connectivity index is 1.40. The van der Waals surface area contributed by atoms with Gasteiger partial charge < -0.3 is 10.2 Å². The molecule has 0 aromatic carbocycles. The van der Waals surface area contributed by atoms with E-state index >= 15 is 0 Å². The summed E-state index contributed by atoms with van der Waals surface area (Å²) in [5.41, 5.74) is 0. The van der Waals surface area contributed by atoms with E-state index in [2.05, 4.69) is 15.1 Å². The first kappa shape index (κ1) is 11.0. The highest BCUT2D eigenvalue weighted by molar-refractivity contribution is 4.85. The van der Waals surface area contributed by atoms with Gasteiger partial charge in [-0.25, -0.2) is 0 Å². The molecule has 2 heterocycles. The van der Waals surface area contributed by atoms with Crippen molar-refractivity contribution in [2.75, 3.05) is 45.8 Å². The largest absolute Gasteiger partial charge is 0.315 e. The molecule has 92 valence electrons. The molecule has 1 unspecified atom stereocenters. The molecule has 1 atom stereocenters. The van der Waals surface area contributed by atoms with E-state index in [1.165, 1.54) is 71.5 Å². The van der Waals surface area contributed by atoms with Gasteiger partial charge in [-0.15, -0.1) is 0 Å². The van der Waals surface area contributed by atoms with Gasteiger partial charge in [-0.2, -0.15) is 0 Å². The second kappa shape index (κ2) is 5.03. The van der Waals surface area contributed by atoms with E-state index < -0.39 is 0 Å². The van der Waals surface area contributed by atoms with E-state index in [0.29, 0.717) is 0 Å². The van der Waals surface area contributed by atoms with Gasteiger partial charge in [-0.1, -0.05) is 6.42 Å². The number of nitrogens with one attached hydrogen (secondary N) is 1. The predicted molar refractivity (Wildman–Crippen MR) is 66.6 cm³/mol. The fraction of sp³-hybridized carbons (Fsp3) is 1.00. The minimum atomic E-state index is 0.839. The summed E-state index contributed by atoms with van der Waals surface area (Å²) in [7, 11) is 0. The molecule has 3 fully saturated rings. The van der Waals surface area contributed by atoms with Gasteiger partial charge in [-0.05, 0) is 31.7 Å². The zero-order valence-electron chi connectivity index (χ0n) is 10.3. The van der Waals surface area contributed by atoms with E-state index in [9.17, 15) is 0 Å². The summed E-state index contributed by atoms with van der Waals surface area (Å²) in [4.78, 5) is 5.40. The lowest BCUT2D eigenvalue weighted by Gasteiger charge is -2.40. The van der Waals surface area contributed by atoms with Crippen molar-refractivity contribution in [1.29, 1.82) is 0 Å². The third kappa shape index (κ3) is 2.41. The molecule has 1 N–H and O–H groups in total. The quantitative estimate of drug-likeness (QED) is 0.762. The van der Waals surface area contributed by atoms with Gasteiger partial charge >= 0.3 is 0 Å². The molecule has 0 aromatic heterocycles. The predicted octanol–water partition coefficient (Wildman–Crippen LogP) is 0.766. The molecule has 0 aromatic rings. The summed E-state index contributed by atoms with van der Waals surface area (Å²) in [6, 6.07) is 0.839. The molecule has 0 radical (unpaired) electrons. The van der Waals surface area contributed by atoms with E-state index in [-0.39, 0.29) is 0 Å². The van der Waals surface area contributed by atoms with Gasteiger partial charge in [0.25, 0.3) is 0 Å². The van der Waals surface area contributed by atoms with Gasteiger partial charge in [0.2, 0.25) is 0 Å². The highest BCUT2D eigenvalue weighted by Crippen LogP contribution is 2.27. The maximum atomic E-state index is 3.48. The zero-order valence-corrected chi connectivity index (χ0v) is 10.3. The first-order valence-corrected chi connectivity index (χ1v) is 7.09. The van der Waals surface area contributed by atoms with Crippen LogP contribution < -0.4 is 5.32 Å². The summed E-state index contributed by atoms with van der Waals surface area (Å²) in [6.07, 6.45) is 5.83. The van der Waals surface area contributed by atoms with Crippen molar-refractivity contribution in [2.24, 2.45) is 5.92 Å². The standard InChI is InChI=1S/C13H25N3/c1-2-12(3-1)11-15-6-8-16(9-7-15)13-4-5-14-10-13/h12-14H,1-11H2. The number of rotatable bonds is 3. The maximum Gasteiger partial charge on any atom is 0.0233 e. The van der Waals surface area contributed by atoms with Crippen LogP contribution in [0.1, 0.15) is 25.7 Å². The lowest BCUT2D eigenvalue weighted by molar-refractivity contribution is 0.0796. The van der Waals surface area contributed by atoms with Crippen molar-refractivity contribution < 1.29 is 0 Å². The number of nitrogens with zero attached hydrogens (tertiary/aromatic N) is 2. The smallest absolute Gasteiger partial charge is 0.0233 e. The normalized spacial score (nSPS) is 34.1. The Labute approximate surface area is 99.2 Å². The highest BCUT2D eigenvalue weighted by Gasteiger charge is 2.27. The molecule has 1 aliphatic carbocycles. The highest BCUT2D eigenvalue weighted by atomic mass is 15.3. The van der Waals surface area contributed by atoms with Crippen molar-refractivity contribution in [3.8, 4) is 0 Å². The molecule has 3 heteroatoms. The monoisotopic (exact) mass is 223 g/mol. The van der Waals surface area contributed by atoms with Crippen LogP contribution in [-0.2, 0) is 0 Å². The lowest BCUT2D eigenvalue weighted by Crippen LogP contribution is -2.52. The van der Waals surface area contributed by atoms with Crippen molar-refractivity contribution in [1.82, 2.24) is 15.1 Å². The second-order valence-corrected chi connectivity index (χ2v) is 5.78. The van der Waals surface area contributed by atoms with E-state index in [4.69, 9.17) is 0 Å². The molecule has 16 heavy (non-hydrogen) atoms. The summed E-state index contributed by atoms with van der Waals surface area (Å²) < 4.78 is 0. The number of hydrogen-bond acceptors (Lipinski definition) is 3. The Bertz CT molecular complexity index is 213. The Kier molecular flexibility index (Phi) is 3.46. The third-order valence-corrected chi connectivity index (χ3v) is 4.70. The Morgan fingerprint density at radius 2 is 1.81 bits per heavy atom. The maximum absolute atomic E-state index is 3.48. The molecule has 3 aliphatic rings. The molecule has 1 saturated carbocycles. The molecular weight excluding hydrogens is 198 g/mol. The molecule has 0 spiro atoms. The van der Waals surface area contributed by atoms with Crippen LogP contribution in [0.25, 0.3) is 0 Å². The van der Waals surface area contributed by atoms with Crippen LogP contribution in [0.2, 0.25) is 0 Å². The van der Waals surface area contributed by atoms with Crippen LogP contribution in [0.3, 0.4) is 0 Å². The first-order chi connectivity index (χ1) is 7.92. The van der Waals surface area contributed by atoms with Gasteiger partial charge in [0, 0.05) is 45.3 Å². The zero-order chi connectivity index (χ0) is 10.8. The minimum Gasteiger partial charge on any atom is -0.315 e. The van der Waals surface area contributed by atoms with Crippen LogP contribution >= 0.6 is 0 Å². The fourth-order valence-electron chi connectivity index (χ4n) is 3.30. The van der Waals surface area contributed by atoms with Gasteiger partial charge in [-0.3, -0.25) is 4.90 Å². The van der Waals surface area contributed by atoms with E-state index in [1.807, 2.05) is 0 Å². The second-order valence-electron chi connectivity index (χ2n) is 5.78. The summed E-state index contributed by atoms with van der Waals surface area (Å²) in [6.45, 7) is 9.07. The Morgan fingerprint density at radius 3 is 2.38 bits per heavy atom. The molecular formula is C13H25N3. The average molecular weight is 223 g/mol. The molecule has 2 saturated heterocycles. The third-order valence-electron chi connectivity index (χ3n) is 4.70. The van der Waals surface area contributed by atoms with Gasteiger partial charge in [0.1, 0.15) is 0 Å². The van der Waals surface area contributed by atoms with E-state index in [1.54, 1.807) is 0 Å². The van der Waals surface area contributed by atoms with Crippen molar-refractivity contribution in [3.05, 3.63) is 0 Å². The van der Waals surface area contributed by atoms with Crippen LogP contribution in [0.4, 0.5) is 0 Å². The molecule has 2 aliphatic heterocycles. The van der Waals surface area contributed by atoms with Crippen LogP contribution in [0.5, 0.6) is 0 Å². The van der Waals surface area contributed by atoms with Crippen LogP contribution in [-0.4, -0.2) is 61.7 Å². The van der Waals surface area contributed by atoms with Crippen LogP contribution in [0.15, 0.2) is 0 Å². The summed E-state index contributed by atoms with van der Waals surface area (Å²) in [5, 5.41) is 3.48. The SMILES string of the molecule is C1CC(CN2CCN(C3CCNC3)CC2)C1. The summed E-state index contributed by atoms with van der Waals surface area (Å²) >= 11 is 0.